The summed E-state index contributed by atoms with van der Waals surface area (Å²) in [4.78, 5) is 24.2. The molecule has 1 unspecified atom stereocenters. The van der Waals surface area contributed by atoms with Gasteiger partial charge >= 0.3 is 5.97 Å². The van der Waals surface area contributed by atoms with Crippen molar-refractivity contribution in [2.24, 2.45) is 0 Å². The number of nitrogens with zero attached hydrogens (tertiary/aromatic N) is 4. The average molecular weight is 270 g/mol. The predicted octanol–water partition coefficient (Wildman–Crippen LogP) is 0.166. The molecule has 0 saturated carbocycles. The van der Waals surface area contributed by atoms with Crippen molar-refractivity contribution in [3.05, 3.63) is 5.82 Å². The highest BCUT2D eigenvalue weighted by atomic mass is 32.2. The molecule has 1 amide bonds. The summed E-state index contributed by atoms with van der Waals surface area (Å²) in [7, 11) is 1.76. The molecule has 0 bridgehead atoms. The Morgan fingerprint density at radius 3 is 2.83 bits per heavy atom. The summed E-state index contributed by atoms with van der Waals surface area (Å²) in [5.41, 5.74) is 0. The molecule has 0 radical (unpaired) electrons. The van der Waals surface area contributed by atoms with Gasteiger partial charge in [-0.25, -0.2) is 0 Å². The van der Waals surface area contributed by atoms with Gasteiger partial charge in [-0.3, -0.25) is 14.2 Å². The van der Waals surface area contributed by atoms with Crippen LogP contribution in [-0.4, -0.2) is 56.0 Å². The van der Waals surface area contributed by atoms with Crippen molar-refractivity contribution in [2.45, 2.75) is 24.5 Å². The Kier molecular flexibility index (Phi) is 3.55. The SMILES string of the molecule is Cc1nnc(SCC(=O)O)n1C1CCN(C)C1=O. The highest BCUT2D eigenvalue weighted by Gasteiger charge is 2.33. The molecule has 0 aromatic carbocycles. The fraction of sp³-hybridized carbons (Fsp3) is 0.600. The summed E-state index contributed by atoms with van der Waals surface area (Å²) in [6, 6.07) is -0.304. The fourth-order valence-corrected chi connectivity index (χ4v) is 2.73. The van der Waals surface area contributed by atoms with E-state index in [9.17, 15) is 9.59 Å². The molecule has 2 heterocycles. The van der Waals surface area contributed by atoms with Crippen LogP contribution in [-0.2, 0) is 9.59 Å². The number of carboxylic acids is 1. The number of aromatic nitrogens is 3. The lowest BCUT2D eigenvalue weighted by Gasteiger charge is -2.14. The number of carbonyl (C=O) groups is 2. The number of carbonyl (C=O) groups excluding carboxylic acids is 1. The Bertz CT molecular complexity index is 487. The van der Waals surface area contributed by atoms with Crippen LogP contribution in [0.4, 0.5) is 0 Å². The molecular weight excluding hydrogens is 256 g/mol. The second-order valence-corrected chi connectivity index (χ2v) is 5.09. The number of aryl methyl sites for hydroxylation is 1. The number of rotatable bonds is 4. The number of likely N-dealkylation sites (N-methyl/N-ethyl adjacent to an activating group) is 1. The standard InChI is InChI=1S/C10H14N4O3S/c1-6-11-12-10(18-5-8(15)16)14(6)7-3-4-13(2)9(7)17/h7H,3-5H2,1-2H3,(H,15,16). The zero-order valence-electron chi connectivity index (χ0n) is 10.2. The minimum Gasteiger partial charge on any atom is -0.481 e. The molecule has 18 heavy (non-hydrogen) atoms. The van der Waals surface area contributed by atoms with Gasteiger partial charge in [-0.2, -0.15) is 0 Å². The van der Waals surface area contributed by atoms with E-state index in [1.165, 1.54) is 0 Å². The molecule has 1 aromatic rings. The second kappa shape index (κ2) is 4.97. The van der Waals surface area contributed by atoms with Gasteiger partial charge in [-0.05, 0) is 13.3 Å². The first-order valence-electron chi connectivity index (χ1n) is 5.51. The molecule has 1 saturated heterocycles. The minimum absolute atomic E-state index is 0.0232. The number of carboxylic acid groups (broad SMARTS) is 1. The van der Waals surface area contributed by atoms with Crippen LogP contribution in [0.25, 0.3) is 0 Å². The lowest BCUT2D eigenvalue weighted by Crippen LogP contribution is -2.25. The van der Waals surface area contributed by atoms with Gasteiger partial charge in [0.05, 0.1) is 5.75 Å². The molecule has 98 valence electrons. The number of hydrogen-bond acceptors (Lipinski definition) is 5. The molecule has 7 nitrogen and oxygen atoms in total. The highest BCUT2D eigenvalue weighted by Crippen LogP contribution is 2.28. The first-order chi connectivity index (χ1) is 8.50. The first-order valence-corrected chi connectivity index (χ1v) is 6.50. The van der Waals surface area contributed by atoms with Crippen LogP contribution in [0.15, 0.2) is 5.16 Å². The number of amides is 1. The average Bonchev–Trinajstić information content (AvgIpc) is 2.82. The van der Waals surface area contributed by atoms with Crippen molar-refractivity contribution in [2.75, 3.05) is 19.3 Å². The highest BCUT2D eigenvalue weighted by molar-refractivity contribution is 7.99. The van der Waals surface area contributed by atoms with Crippen LogP contribution in [0, 0.1) is 6.92 Å². The van der Waals surface area contributed by atoms with Crippen LogP contribution < -0.4 is 0 Å². The van der Waals surface area contributed by atoms with E-state index in [0.717, 1.165) is 11.8 Å². The molecule has 1 aliphatic heterocycles. The molecule has 1 aromatic heterocycles. The Hall–Kier alpha value is -1.57. The van der Waals surface area contributed by atoms with E-state index in [1.54, 1.807) is 23.4 Å². The first kappa shape index (κ1) is 12.9. The summed E-state index contributed by atoms with van der Waals surface area (Å²) in [5, 5.41) is 17.0. The maximum atomic E-state index is 12.0. The normalized spacial score (nSPS) is 19.6. The Morgan fingerprint density at radius 1 is 1.56 bits per heavy atom. The van der Waals surface area contributed by atoms with Crippen LogP contribution in [0.5, 0.6) is 0 Å². The number of hydrogen-bond donors (Lipinski definition) is 1. The van der Waals surface area contributed by atoms with Gasteiger partial charge in [-0.15, -0.1) is 10.2 Å². The topological polar surface area (TPSA) is 88.3 Å². The van der Waals surface area contributed by atoms with Crippen LogP contribution in [0.1, 0.15) is 18.3 Å². The van der Waals surface area contributed by atoms with Gasteiger partial charge in [0, 0.05) is 13.6 Å². The van der Waals surface area contributed by atoms with Gasteiger partial charge in [0.1, 0.15) is 11.9 Å². The summed E-state index contributed by atoms with van der Waals surface area (Å²) >= 11 is 1.09. The van der Waals surface area contributed by atoms with Crippen molar-refractivity contribution >= 4 is 23.6 Å². The van der Waals surface area contributed by atoms with Crippen molar-refractivity contribution in [1.29, 1.82) is 0 Å². The number of thioether (sulfide) groups is 1. The van der Waals surface area contributed by atoms with E-state index in [1.807, 2.05) is 0 Å². The van der Waals surface area contributed by atoms with Gasteiger partial charge in [0.15, 0.2) is 5.16 Å². The predicted molar refractivity (Wildman–Crippen MR) is 64.4 cm³/mol. The Morgan fingerprint density at radius 2 is 2.28 bits per heavy atom. The maximum Gasteiger partial charge on any atom is 0.313 e. The molecule has 2 rings (SSSR count). The van der Waals surface area contributed by atoms with Crippen molar-refractivity contribution < 1.29 is 14.7 Å². The summed E-state index contributed by atoms with van der Waals surface area (Å²) < 4.78 is 1.74. The van der Waals surface area contributed by atoms with Crippen molar-refractivity contribution in [1.82, 2.24) is 19.7 Å². The van der Waals surface area contributed by atoms with E-state index in [-0.39, 0.29) is 17.7 Å². The lowest BCUT2D eigenvalue weighted by atomic mass is 10.2. The second-order valence-electron chi connectivity index (χ2n) is 4.15. The van der Waals surface area contributed by atoms with Crippen molar-refractivity contribution in [3.63, 3.8) is 0 Å². The van der Waals surface area contributed by atoms with Gasteiger partial charge in [0.2, 0.25) is 5.91 Å². The molecule has 0 aliphatic carbocycles. The van der Waals surface area contributed by atoms with Crippen LogP contribution in [0.3, 0.4) is 0 Å². The Labute approximate surface area is 108 Å². The molecule has 1 N–H and O–H groups in total. The number of aliphatic carboxylic acids is 1. The molecule has 1 fully saturated rings. The number of likely N-dealkylation sites (tertiary alicyclic amines) is 1. The minimum atomic E-state index is -0.915. The Balaban J connectivity index is 2.24. The van der Waals surface area contributed by atoms with E-state index < -0.39 is 5.97 Å². The van der Waals surface area contributed by atoms with E-state index >= 15 is 0 Å². The molecule has 0 spiro atoms. The van der Waals surface area contributed by atoms with Crippen LogP contribution >= 0.6 is 11.8 Å². The third kappa shape index (κ3) is 2.33. The summed E-state index contributed by atoms with van der Waals surface area (Å²) in [5.74, 6) is -0.344. The van der Waals surface area contributed by atoms with E-state index in [4.69, 9.17) is 5.11 Å². The third-order valence-electron chi connectivity index (χ3n) is 2.87. The molecular formula is C10H14N4O3S. The molecule has 1 aliphatic rings. The zero-order chi connectivity index (χ0) is 13.3. The molecule has 8 heteroatoms. The molecule has 1 atom stereocenters. The summed E-state index contributed by atoms with van der Waals surface area (Å²) in [6.07, 6.45) is 0.703. The van der Waals surface area contributed by atoms with Crippen LogP contribution in [0.2, 0.25) is 0 Å². The zero-order valence-corrected chi connectivity index (χ0v) is 11.0. The lowest BCUT2D eigenvalue weighted by molar-refractivity contribution is -0.134. The van der Waals surface area contributed by atoms with Crippen molar-refractivity contribution in [3.8, 4) is 0 Å². The quantitative estimate of drug-likeness (QED) is 0.784. The van der Waals surface area contributed by atoms with E-state index in [2.05, 4.69) is 10.2 Å². The third-order valence-corrected chi connectivity index (χ3v) is 3.80. The fourth-order valence-electron chi connectivity index (χ4n) is 1.98. The van der Waals surface area contributed by atoms with E-state index in [0.29, 0.717) is 23.9 Å². The smallest absolute Gasteiger partial charge is 0.313 e. The largest absolute Gasteiger partial charge is 0.481 e. The summed E-state index contributed by atoms with van der Waals surface area (Å²) in [6.45, 7) is 2.47. The van der Waals surface area contributed by atoms with Gasteiger partial charge in [0.25, 0.3) is 0 Å². The van der Waals surface area contributed by atoms with Gasteiger partial charge < -0.3 is 10.0 Å². The monoisotopic (exact) mass is 270 g/mol. The maximum absolute atomic E-state index is 12.0. The van der Waals surface area contributed by atoms with Gasteiger partial charge in [-0.1, -0.05) is 11.8 Å².